The first kappa shape index (κ1) is 30.9. The zero-order valence-electron chi connectivity index (χ0n) is 29.5. The van der Waals surface area contributed by atoms with E-state index in [0.29, 0.717) is 0 Å². The molecule has 0 saturated carbocycles. The van der Waals surface area contributed by atoms with Crippen molar-refractivity contribution in [2.45, 2.75) is 0 Å². The zero-order valence-corrected chi connectivity index (χ0v) is 31.7. The third kappa shape index (κ3) is 4.65. The van der Waals surface area contributed by atoms with Crippen LogP contribution in [0.1, 0.15) is 11.1 Å². The second kappa shape index (κ2) is 12.0. The summed E-state index contributed by atoms with van der Waals surface area (Å²) in [6.07, 6.45) is 0. The number of hydrogen-bond donors (Lipinski definition) is 0. The Morgan fingerprint density at radius 1 is 0.345 bits per heavy atom. The van der Waals surface area contributed by atoms with E-state index < -0.39 is 20.7 Å². The molecule has 0 saturated heterocycles. The predicted octanol–water partition coefficient (Wildman–Crippen LogP) is 13.5. The zero-order chi connectivity index (χ0) is 36.0. The highest BCUT2D eigenvalue weighted by atomic mass is 127. The topological polar surface area (TPSA) is 29.6 Å². The van der Waals surface area contributed by atoms with Gasteiger partial charge in [0.05, 0.1) is 11.0 Å². The van der Waals surface area contributed by atoms with Gasteiger partial charge in [0, 0.05) is 27.3 Å². The Kier molecular flexibility index (Phi) is 6.75. The Labute approximate surface area is 326 Å². The fourth-order valence-electron chi connectivity index (χ4n) is 8.86. The highest BCUT2D eigenvalue weighted by Crippen LogP contribution is 2.45. The number of aliphatic imine (C=N–C) groups is 2. The normalized spacial score (nSPS) is 13.6. The van der Waals surface area contributed by atoms with E-state index in [0.717, 1.165) is 24.4 Å². The molecule has 1 aliphatic rings. The lowest BCUT2D eigenvalue weighted by Gasteiger charge is -2.16. The van der Waals surface area contributed by atoms with Crippen molar-refractivity contribution in [3.63, 3.8) is 0 Å². The molecular weight excluding hydrogens is 781 g/mol. The summed E-state index contributed by atoms with van der Waals surface area (Å²) in [5.74, 6) is 0.753. The van der Waals surface area contributed by atoms with Gasteiger partial charge in [-0.25, -0.2) is 9.98 Å². The second-order valence-electron chi connectivity index (χ2n) is 14.3. The second-order valence-corrected chi connectivity index (χ2v) is 16.8. The molecular formula is C51H30IN3. The Bertz CT molecular complexity index is 3500. The van der Waals surface area contributed by atoms with Gasteiger partial charge in [0.25, 0.3) is 0 Å². The third-order valence-electron chi connectivity index (χ3n) is 11.3. The van der Waals surface area contributed by atoms with Gasteiger partial charge in [-0.1, -0.05) is 164 Å². The number of rotatable bonds is 2. The van der Waals surface area contributed by atoms with Crippen LogP contribution in [0.15, 0.2) is 192 Å². The molecule has 0 atom stereocenters. The van der Waals surface area contributed by atoms with Crippen LogP contribution in [0.25, 0.3) is 86.4 Å². The molecule has 0 amide bonds. The van der Waals surface area contributed by atoms with Crippen molar-refractivity contribution in [1.82, 2.24) is 4.57 Å². The molecule has 10 aromatic carbocycles. The molecule has 1 aromatic heterocycles. The summed E-state index contributed by atoms with van der Waals surface area (Å²) in [5.41, 5.74) is 4.53. The van der Waals surface area contributed by atoms with Crippen LogP contribution in [-0.4, -0.2) is 17.9 Å². The maximum absolute atomic E-state index is 5.50. The molecule has 1 aliphatic heterocycles. The minimum Gasteiger partial charge on any atom is -0.289 e. The summed E-state index contributed by atoms with van der Waals surface area (Å²) in [5, 5.41) is 17.7. The monoisotopic (exact) mass is 811 g/mol. The third-order valence-corrected chi connectivity index (χ3v) is 13.9. The van der Waals surface area contributed by atoms with Gasteiger partial charge in [-0.2, -0.15) is 0 Å². The first-order chi connectivity index (χ1) is 27.3. The molecule has 0 fully saturated rings. The van der Waals surface area contributed by atoms with Gasteiger partial charge in [0.2, 0.25) is 0 Å². The Morgan fingerprint density at radius 2 is 0.873 bits per heavy atom. The van der Waals surface area contributed by atoms with E-state index in [1.165, 1.54) is 86.4 Å². The summed E-state index contributed by atoms with van der Waals surface area (Å²) >= 11 is -0.819. The Morgan fingerprint density at radius 3 is 1.65 bits per heavy atom. The minimum atomic E-state index is -0.819. The van der Waals surface area contributed by atoms with Gasteiger partial charge in [-0.15, -0.1) is 0 Å². The van der Waals surface area contributed by atoms with E-state index in [4.69, 9.17) is 9.98 Å². The molecule has 0 N–H and O–H groups in total. The molecule has 2 heterocycles. The molecule has 0 aliphatic carbocycles. The summed E-state index contributed by atoms with van der Waals surface area (Å²) in [7, 11) is 0. The van der Waals surface area contributed by atoms with Crippen LogP contribution in [0.3, 0.4) is 0 Å². The molecule has 3 nitrogen and oxygen atoms in total. The van der Waals surface area contributed by atoms with Crippen molar-refractivity contribution in [3.05, 3.63) is 193 Å². The maximum Gasteiger partial charge on any atom is 0.174 e. The smallest absolute Gasteiger partial charge is 0.174 e. The molecule has 0 bridgehead atoms. The Balaban J connectivity index is 1.20. The summed E-state index contributed by atoms with van der Waals surface area (Å²) in [6, 6.07) is 66.3. The van der Waals surface area contributed by atoms with Gasteiger partial charge in [0.15, 0.2) is 9.68 Å². The highest BCUT2D eigenvalue weighted by Gasteiger charge is 2.24. The quantitative estimate of drug-likeness (QED) is 0.123. The average Bonchev–Trinajstić information content (AvgIpc) is 3.61. The SMILES string of the molecule is c1ccc(C2=NC(c3ccc4c(ccc5ccccc54)c3)=IC(n3c4ccc5ccccc5c4c4c5c6ccccc6c6ccccc6c5ccc43)=N2)cc1. The van der Waals surface area contributed by atoms with Gasteiger partial charge in [-0.05, 0) is 98.2 Å². The van der Waals surface area contributed by atoms with Crippen molar-refractivity contribution in [3.8, 4) is 0 Å². The van der Waals surface area contributed by atoms with Crippen LogP contribution in [0.4, 0.5) is 0 Å². The van der Waals surface area contributed by atoms with Gasteiger partial charge in [-0.3, -0.25) is 4.57 Å². The molecule has 11 aromatic rings. The van der Waals surface area contributed by atoms with Crippen LogP contribution in [0.2, 0.25) is 0 Å². The molecule has 0 unspecified atom stereocenters. The van der Waals surface area contributed by atoms with Crippen LogP contribution in [-0.2, 0) is 0 Å². The van der Waals surface area contributed by atoms with Crippen molar-refractivity contribution in [1.29, 1.82) is 0 Å². The lowest BCUT2D eigenvalue weighted by Crippen LogP contribution is -2.15. The van der Waals surface area contributed by atoms with Crippen molar-refractivity contribution < 1.29 is 0 Å². The maximum atomic E-state index is 5.50. The Hall–Kier alpha value is -6.50. The molecule has 55 heavy (non-hydrogen) atoms. The van der Waals surface area contributed by atoms with Crippen LogP contribution in [0, 0.1) is 0 Å². The van der Waals surface area contributed by atoms with Crippen LogP contribution in [0.5, 0.6) is 0 Å². The molecule has 256 valence electrons. The summed E-state index contributed by atoms with van der Waals surface area (Å²) in [4.78, 5) is 10.9. The number of aromatic nitrogens is 1. The van der Waals surface area contributed by atoms with E-state index in [1.54, 1.807) is 0 Å². The van der Waals surface area contributed by atoms with E-state index >= 15 is 0 Å². The molecule has 0 radical (unpaired) electrons. The van der Waals surface area contributed by atoms with Crippen LogP contribution >= 0.6 is 20.7 Å². The first-order valence-corrected chi connectivity index (χ1v) is 20.8. The first-order valence-electron chi connectivity index (χ1n) is 18.6. The van der Waals surface area contributed by atoms with Gasteiger partial charge in [0.1, 0.15) is 3.63 Å². The van der Waals surface area contributed by atoms with Gasteiger partial charge >= 0.3 is 0 Å². The number of nitrogens with zero attached hydrogens (tertiary/aromatic N) is 3. The van der Waals surface area contributed by atoms with Crippen molar-refractivity contribution in [2.75, 3.05) is 0 Å². The average molecular weight is 812 g/mol. The standard InChI is InChI=1S/C51H30IN3/c1-2-14-33(15-3-1)50-53-49(35-24-26-37-34(30-35)23-22-31-12-4-6-16-36(31)37)52-51(54-50)55-44-28-25-32-13-5-7-17-38(32)47(44)48-45(55)29-27-43-41-20-9-8-18-39(41)40-19-10-11-21-42(40)46(43)48/h1-30H. The number of amidine groups is 1. The van der Waals surface area contributed by atoms with Crippen molar-refractivity contribution >= 4 is 120 Å². The number of hydrogen-bond acceptors (Lipinski definition) is 2. The number of benzene rings is 10. The lowest BCUT2D eigenvalue weighted by molar-refractivity contribution is 1.31. The van der Waals surface area contributed by atoms with Gasteiger partial charge < -0.3 is 0 Å². The largest absolute Gasteiger partial charge is 0.289 e. The minimum absolute atomic E-state index is 0.753. The predicted molar refractivity (Wildman–Crippen MR) is 245 cm³/mol. The number of halogens is 1. The highest BCUT2D eigenvalue weighted by molar-refractivity contribution is 14.2. The fourth-order valence-corrected chi connectivity index (χ4v) is 11.4. The number of fused-ring (bicyclic) bond motifs is 15. The molecule has 12 rings (SSSR count). The van der Waals surface area contributed by atoms with E-state index in [9.17, 15) is 0 Å². The van der Waals surface area contributed by atoms with E-state index in [-0.39, 0.29) is 0 Å². The van der Waals surface area contributed by atoms with Crippen LogP contribution < -0.4 is 0 Å². The van der Waals surface area contributed by atoms with Crippen molar-refractivity contribution in [2.24, 2.45) is 9.98 Å². The van der Waals surface area contributed by atoms with E-state index in [2.05, 4.69) is 187 Å². The molecule has 4 heteroatoms. The fraction of sp³-hybridized carbons (Fsp3) is 0. The molecule has 0 spiro atoms. The van der Waals surface area contributed by atoms with E-state index in [1.807, 2.05) is 0 Å². The summed E-state index contributed by atoms with van der Waals surface area (Å²) in [6.45, 7) is 0. The summed E-state index contributed by atoms with van der Waals surface area (Å²) < 4.78 is 4.66. The lowest BCUT2D eigenvalue weighted by atomic mass is 9.91.